The molecule has 0 radical (unpaired) electrons. The molecule has 0 spiro atoms. The fraction of sp³-hybridized carbons (Fsp3) is 0.167. The summed E-state index contributed by atoms with van der Waals surface area (Å²) in [6.45, 7) is 3.28. The first-order valence-electron chi connectivity index (χ1n) is 7.01. The number of fused-ring (bicyclic) bond motifs is 3. The molecule has 21 heavy (non-hydrogen) atoms. The summed E-state index contributed by atoms with van der Waals surface area (Å²) in [6, 6.07) is 17.4. The number of thiazole rings is 1. The molecular weight excluding hydrogens is 342 g/mol. The number of halogens is 1. The first-order valence-corrected chi connectivity index (χ1v) is 7.82. The van der Waals surface area contributed by atoms with Crippen LogP contribution in [-0.4, -0.2) is 0 Å². The number of para-hydroxylation sites is 1. The van der Waals surface area contributed by atoms with E-state index < -0.39 is 0 Å². The van der Waals surface area contributed by atoms with Gasteiger partial charge in [-0.25, -0.2) is 0 Å². The highest BCUT2D eigenvalue weighted by atomic mass is 79.9. The lowest BCUT2D eigenvalue weighted by Gasteiger charge is -2.12. The van der Waals surface area contributed by atoms with E-state index in [4.69, 9.17) is 0 Å². The summed E-state index contributed by atoms with van der Waals surface area (Å²) < 4.78 is 3.83. The number of hydrogen-bond donors (Lipinski definition) is 0. The molecule has 3 aromatic rings. The minimum Gasteiger partial charge on any atom is -1.00 e. The van der Waals surface area contributed by atoms with E-state index in [1.807, 2.05) is 11.3 Å². The zero-order chi connectivity index (χ0) is 13.5. The number of rotatable bonds is 1. The van der Waals surface area contributed by atoms with Gasteiger partial charge in [0, 0.05) is 18.6 Å². The van der Waals surface area contributed by atoms with E-state index in [-0.39, 0.29) is 17.0 Å². The van der Waals surface area contributed by atoms with Gasteiger partial charge in [0.2, 0.25) is 5.52 Å². The summed E-state index contributed by atoms with van der Waals surface area (Å²) in [5.74, 6) is 0. The van der Waals surface area contributed by atoms with Crippen LogP contribution in [0.5, 0.6) is 0 Å². The number of aromatic nitrogens is 1. The molecule has 0 atom stereocenters. The van der Waals surface area contributed by atoms with Crippen molar-refractivity contribution in [3.8, 4) is 0 Å². The number of allylic oxidation sites excluding steroid dienone is 1. The van der Waals surface area contributed by atoms with Crippen molar-refractivity contribution >= 4 is 33.2 Å². The lowest BCUT2D eigenvalue weighted by Crippen LogP contribution is -3.00. The second-order valence-corrected chi connectivity index (χ2v) is 6.36. The maximum atomic E-state index is 2.45. The standard InChI is InChI=1S/C18H16NS.BrH/c1-13-6-2-3-7-15(13)14-10-11-19-16-8-4-5-9-17(16)20-18(19)12-14;/h2-9,12H,10-11H2,1H3;1H/q+1;/p-1. The molecule has 0 saturated carbocycles. The van der Waals surface area contributed by atoms with Gasteiger partial charge in [0.25, 0.3) is 5.01 Å². The molecule has 1 aliphatic rings. The van der Waals surface area contributed by atoms with E-state index in [1.54, 1.807) is 0 Å². The Balaban J connectivity index is 0.00000132. The minimum absolute atomic E-state index is 0. The largest absolute Gasteiger partial charge is 1.00 e. The topological polar surface area (TPSA) is 3.88 Å². The van der Waals surface area contributed by atoms with Crippen molar-refractivity contribution in [1.29, 1.82) is 0 Å². The molecule has 1 aromatic heterocycles. The van der Waals surface area contributed by atoms with Gasteiger partial charge < -0.3 is 17.0 Å². The molecule has 0 saturated heterocycles. The van der Waals surface area contributed by atoms with E-state index in [2.05, 4.69) is 66.1 Å². The van der Waals surface area contributed by atoms with Crippen molar-refractivity contribution in [2.75, 3.05) is 0 Å². The zero-order valence-corrected chi connectivity index (χ0v) is 14.2. The fourth-order valence-corrected chi connectivity index (χ4v) is 4.15. The molecule has 3 heteroatoms. The summed E-state index contributed by atoms with van der Waals surface area (Å²) >= 11 is 1.89. The Morgan fingerprint density at radius 2 is 1.76 bits per heavy atom. The lowest BCUT2D eigenvalue weighted by molar-refractivity contribution is -0.668. The van der Waals surface area contributed by atoms with Crippen LogP contribution in [0.25, 0.3) is 21.9 Å². The third-order valence-electron chi connectivity index (χ3n) is 4.03. The minimum atomic E-state index is 0. The van der Waals surface area contributed by atoms with Gasteiger partial charge in [-0.05, 0) is 29.7 Å². The van der Waals surface area contributed by atoms with E-state index in [0.717, 1.165) is 13.0 Å². The van der Waals surface area contributed by atoms with Gasteiger partial charge >= 0.3 is 0 Å². The van der Waals surface area contributed by atoms with Crippen LogP contribution in [-0.2, 0) is 6.54 Å². The van der Waals surface area contributed by atoms with Crippen LogP contribution < -0.4 is 21.5 Å². The molecule has 0 N–H and O–H groups in total. The molecule has 4 rings (SSSR count). The Morgan fingerprint density at radius 3 is 2.62 bits per heavy atom. The Morgan fingerprint density at radius 1 is 1.00 bits per heavy atom. The Bertz CT molecular complexity index is 832. The summed E-state index contributed by atoms with van der Waals surface area (Å²) in [5, 5.41) is 1.37. The third kappa shape index (κ3) is 2.45. The van der Waals surface area contributed by atoms with Gasteiger partial charge in [-0.2, -0.15) is 4.57 Å². The van der Waals surface area contributed by atoms with Crippen LogP contribution in [0.3, 0.4) is 0 Å². The van der Waals surface area contributed by atoms with E-state index in [0.29, 0.717) is 0 Å². The quantitative estimate of drug-likeness (QED) is 0.580. The third-order valence-corrected chi connectivity index (χ3v) is 5.14. The summed E-state index contributed by atoms with van der Waals surface area (Å²) in [6.07, 6.45) is 3.49. The molecule has 0 bridgehead atoms. The van der Waals surface area contributed by atoms with Crippen molar-refractivity contribution in [3.05, 3.63) is 64.7 Å². The molecule has 1 nitrogen and oxygen atoms in total. The Hall–Kier alpha value is -1.45. The zero-order valence-electron chi connectivity index (χ0n) is 11.8. The van der Waals surface area contributed by atoms with Crippen LogP contribution in [0.1, 0.15) is 22.6 Å². The second kappa shape index (κ2) is 5.74. The predicted molar refractivity (Wildman–Crippen MR) is 85.7 cm³/mol. The van der Waals surface area contributed by atoms with Gasteiger partial charge in [0.1, 0.15) is 4.70 Å². The molecule has 1 aliphatic heterocycles. The van der Waals surface area contributed by atoms with E-state index in [1.165, 1.54) is 31.9 Å². The van der Waals surface area contributed by atoms with Crippen LogP contribution in [0, 0.1) is 6.92 Å². The average Bonchev–Trinajstić information content (AvgIpc) is 2.85. The van der Waals surface area contributed by atoms with Crippen molar-refractivity contribution in [1.82, 2.24) is 0 Å². The highest BCUT2D eigenvalue weighted by Crippen LogP contribution is 2.31. The van der Waals surface area contributed by atoms with Gasteiger partial charge in [0.05, 0.1) is 0 Å². The first-order chi connectivity index (χ1) is 9.83. The molecule has 0 aliphatic carbocycles. The Kier molecular flexibility index (Phi) is 3.96. The molecule has 0 unspecified atom stereocenters. The van der Waals surface area contributed by atoms with Crippen molar-refractivity contribution < 1.29 is 21.5 Å². The maximum absolute atomic E-state index is 2.45. The maximum Gasteiger partial charge on any atom is 0.263 e. The highest BCUT2D eigenvalue weighted by Gasteiger charge is 2.24. The van der Waals surface area contributed by atoms with Crippen molar-refractivity contribution in [2.24, 2.45) is 0 Å². The molecule has 2 heterocycles. The number of aryl methyl sites for hydroxylation is 2. The van der Waals surface area contributed by atoms with Gasteiger partial charge in [-0.15, -0.1) is 0 Å². The van der Waals surface area contributed by atoms with Gasteiger partial charge in [0.15, 0.2) is 6.54 Å². The first kappa shape index (κ1) is 14.5. The van der Waals surface area contributed by atoms with Crippen LogP contribution >= 0.6 is 11.3 Å². The smallest absolute Gasteiger partial charge is 0.263 e. The number of nitrogens with zero attached hydrogens (tertiary/aromatic N) is 1. The normalized spacial score (nSPS) is 13.5. The van der Waals surface area contributed by atoms with Crippen molar-refractivity contribution in [3.63, 3.8) is 0 Å². The van der Waals surface area contributed by atoms with Gasteiger partial charge in [-0.1, -0.05) is 47.7 Å². The highest BCUT2D eigenvalue weighted by molar-refractivity contribution is 7.18. The number of hydrogen-bond acceptors (Lipinski definition) is 1. The molecule has 0 fully saturated rings. The fourth-order valence-electron chi connectivity index (χ4n) is 2.99. The van der Waals surface area contributed by atoms with Crippen LogP contribution in [0.15, 0.2) is 48.5 Å². The molecule has 106 valence electrons. The second-order valence-electron chi connectivity index (χ2n) is 5.29. The Labute approximate surface area is 139 Å². The lowest BCUT2D eigenvalue weighted by atomic mass is 9.96. The van der Waals surface area contributed by atoms with Crippen LogP contribution in [0.2, 0.25) is 0 Å². The molecular formula is C18H16BrNS. The van der Waals surface area contributed by atoms with E-state index >= 15 is 0 Å². The summed E-state index contributed by atoms with van der Waals surface area (Å²) in [7, 11) is 0. The number of benzene rings is 2. The summed E-state index contributed by atoms with van der Waals surface area (Å²) in [5.41, 5.74) is 5.60. The van der Waals surface area contributed by atoms with Gasteiger partial charge in [-0.3, -0.25) is 0 Å². The SMILES string of the molecule is Cc1ccccc1C1=Cc2sc3ccccc3[n+]2CC1.[Br-]. The van der Waals surface area contributed by atoms with Crippen LogP contribution in [0.4, 0.5) is 0 Å². The average molecular weight is 358 g/mol. The van der Waals surface area contributed by atoms with Crippen molar-refractivity contribution in [2.45, 2.75) is 19.9 Å². The monoisotopic (exact) mass is 357 g/mol. The van der Waals surface area contributed by atoms with E-state index in [9.17, 15) is 0 Å². The molecule has 2 aromatic carbocycles. The summed E-state index contributed by atoms with van der Waals surface area (Å²) in [4.78, 5) is 0. The molecule has 0 amide bonds. The predicted octanol–water partition coefficient (Wildman–Crippen LogP) is 1.45.